The Bertz CT molecular complexity index is 229. The predicted molar refractivity (Wildman–Crippen MR) is 81.4 cm³/mol. The van der Waals surface area contributed by atoms with Crippen molar-refractivity contribution in [2.75, 3.05) is 19.8 Å². The van der Waals surface area contributed by atoms with Crippen LogP contribution in [0.5, 0.6) is 0 Å². The van der Waals surface area contributed by atoms with Crippen LogP contribution in [-0.4, -0.2) is 25.8 Å². The highest BCUT2D eigenvalue weighted by Gasteiger charge is 2.32. The van der Waals surface area contributed by atoms with Crippen molar-refractivity contribution in [3.8, 4) is 0 Å². The molecule has 0 aromatic heterocycles. The molecule has 2 fully saturated rings. The summed E-state index contributed by atoms with van der Waals surface area (Å²) in [6.07, 6.45) is 11.3. The van der Waals surface area contributed by atoms with Crippen molar-refractivity contribution in [1.29, 1.82) is 0 Å². The lowest BCUT2D eigenvalue weighted by Crippen LogP contribution is -2.46. The monoisotopic (exact) mass is 267 g/mol. The van der Waals surface area contributed by atoms with Gasteiger partial charge in [-0.25, -0.2) is 0 Å². The van der Waals surface area contributed by atoms with Crippen LogP contribution in [0.2, 0.25) is 0 Å². The molecule has 2 nitrogen and oxygen atoms in total. The second kappa shape index (κ2) is 8.26. The first kappa shape index (κ1) is 15.3. The second-order valence-electron chi connectivity index (χ2n) is 6.63. The molecular weight excluding hydrogens is 234 g/mol. The molecule has 0 aromatic rings. The molecule has 2 rings (SSSR count). The van der Waals surface area contributed by atoms with E-state index in [2.05, 4.69) is 19.2 Å². The Kier molecular flexibility index (Phi) is 6.66. The van der Waals surface area contributed by atoms with Gasteiger partial charge in [-0.2, -0.15) is 0 Å². The molecule has 1 N–H and O–H groups in total. The standard InChI is InChI=1S/C17H33NO/c1-3-6-14-8-10-15(11-9-14)17(18-4-2)16-7-5-12-19-13-16/h14-18H,3-13H2,1-2H3. The van der Waals surface area contributed by atoms with Crippen LogP contribution in [0, 0.1) is 17.8 Å². The van der Waals surface area contributed by atoms with E-state index in [4.69, 9.17) is 4.74 Å². The van der Waals surface area contributed by atoms with E-state index in [0.29, 0.717) is 6.04 Å². The van der Waals surface area contributed by atoms with Crippen LogP contribution in [0.1, 0.15) is 65.2 Å². The number of rotatable bonds is 6. The Hall–Kier alpha value is -0.0800. The van der Waals surface area contributed by atoms with Crippen LogP contribution in [0.25, 0.3) is 0 Å². The van der Waals surface area contributed by atoms with Crippen LogP contribution in [0.4, 0.5) is 0 Å². The highest BCUT2D eigenvalue weighted by Crippen LogP contribution is 2.36. The van der Waals surface area contributed by atoms with Gasteiger partial charge in [-0.05, 0) is 50.0 Å². The molecule has 0 amide bonds. The molecule has 0 radical (unpaired) electrons. The quantitative estimate of drug-likeness (QED) is 0.785. The second-order valence-corrected chi connectivity index (χ2v) is 6.63. The van der Waals surface area contributed by atoms with Crippen LogP contribution in [-0.2, 0) is 4.74 Å². The number of nitrogens with one attached hydrogen (secondary N) is 1. The molecule has 1 saturated heterocycles. The van der Waals surface area contributed by atoms with Crippen molar-refractivity contribution in [2.24, 2.45) is 17.8 Å². The third-order valence-electron chi connectivity index (χ3n) is 5.24. The van der Waals surface area contributed by atoms with Crippen LogP contribution < -0.4 is 5.32 Å². The molecule has 0 spiro atoms. The molecule has 2 unspecified atom stereocenters. The summed E-state index contributed by atoms with van der Waals surface area (Å²) in [6.45, 7) is 7.66. The lowest BCUT2D eigenvalue weighted by Gasteiger charge is -2.39. The van der Waals surface area contributed by atoms with E-state index in [1.165, 1.54) is 51.4 Å². The van der Waals surface area contributed by atoms with Crippen molar-refractivity contribution in [3.05, 3.63) is 0 Å². The van der Waals surface area contributed by atoms with Gasteiger partial charge in [-0.15, -0.1) is 0 Å². The summed E-state index contributed by atoms with van der Waals surface area (Å²) in [5.41, 5.74) is 0. The molecule has 0 bridgehead atoms. The molecule has 2 heteroatoms. The zero-order valence-corrected chi connectivity index (χ0v) is 13.0. The van der Waals surface area contributed by atoms with E-state index in [9.17, 15) is 0 Å². The average molecular weight is 267 g/mol. The summed E-state index contributed by atoms with van der Waals surface area (Å²) in [7, 11) is 0. The minimum Gasteiger partial charge on any atom is -0.381 e. The SMILES string of the molecule is CCCC1CCC(C(NCC)C2CCCOC2)CC1. The molecule has 1 aliphatic carbocycles. The summed E-state index contributed by atoms with van der Waals surface area (Å²) in [4.78, 5) is 0. The first-order chi connectivity index (χ1) is 9.35. The third kappa shape index (κ3) is 4.46. The molecule has 2 atom stereocenters. The molecule has 0 aromatic carbocycles. The Morgan fingerprint density at radius 2 is 1.84 bits per heavy atom. The topological polar surface area (TPSA) is 21.3 Å². The van der Waals surface area contributed by atoms with Gasteiger partial charge in [0.05, 0.1) is 6.61 Å². The van der Waals surface area contributed by atoms with Crippen LogP contribution in [0.15, 0.2) is 0 Å². The van der Waals surface area contributed by atoms with Gasteiger partial charge in [0.25, 0.3) is 0 Å². The van der Waals surface area contributed by atoms with Crippen LogP contribution in [0.3, 0.4) is 0 Å². The highest BCUT2D eigenvalue weighted by atomic mass is 16.5. The van der Waals surface area contributed by atoms with E-state index in [1.54, 1.807) is 0 Å². The fourth-order valence-corrected chi connectivity index (χ4v) is 4.25. The molecule has 1 heterocycles. The van der Waals surface area contributed by atoms with Crippen molar-refractivity contribution in [1.82, 2.24) is 5.32 Å². The lowest BCUT2D eigenvalue weighted by atomic mass is 9.73. The van der Waals surface area contributed by atoms with E-state index in [0.717, 1.165) is 37.5 Å². The summed E-state index contributed by atoms with van der Waals surface area (Å²) in [6, 6.07) is 0.716. The third-order valence-corrected chi connectivity index (χ3v) is 5.24. The molecule has 1 saturated carbocycles. The summed E-state index contributed by atoms with van der Waals surface area (Å²) in [5, 5.41) is 3.79. The Morgan fingerprint density at radius 3 is 2.42 bits per heavy atom. The Labute approximate surface area is 119 Å². The maximum Gasteiger partial charge on any atom is 0.0509 e. The maximum atomic E-state index is 5.72. The molecule has 19 heavy (non-hydrogen) atoms. The Morgan fingerprint density at radius 1 is 1.05 bits per heavy atom. The maximum absolute atomic E-state index is 5.72. The zero-order chi connectivity index (χ0) is 13.5. The van der Waals surface area contributed by atoms with Gasteiger partial charge in [0.1, 0.15) is 0 Å². The highest BCUT2D eigenvalue weighted by molar-refractivity contribution is 4.87. The molecular formula is C17H33NO. The van der Waals surface area contributed by atoms with Gasteiger partial charge in [-0.3, -0.25) is 0 Å². The van der Waals surface area contributed by atoms with Gasteiger partial charge < -0.3 is 10.1 Å². The van der Waals surface area contributed by atoms with Gasteiger partial charge >= 0.3 is 0 Å². The molecule has 2 aliphatic rings. The van der Waals surface area contributed by atoms with Crippen molar-refractivity contribution >= 4 is 0 Å². The van der Waals surface area contributed by atoms with Crippen LogP contribution >= 0.6 is 0 Å². The number of hydrogen-bond acceptors (Lipinski definition) is 2. The lowest BCUT2D eigenvalue weighted by molar-refractivity contribution is 0.0226. The smallest absolute Gasteiger partial charge is 0.0509 e. The normalized spacial score (nSPS) is 34.1. The molecule has 1 aliphatic heterocycles. The van der Waals surface area contributed by atoms with E-state index in [-0.39, 0.29) is 0 Å². The zero-order valence-electron chi connectivity index (χ0n) is 13.0. The summed E-state index contributed by atoms with van der Waals surface area (Å²) in [5.74, 6) is 2.69. The van der Waals surface area contributed by atoms with E-state index >= 15 is 0 Å². The van der Waals surface area contributed by atoms with Crippen molar-refractivity contribution < 1.29 is 4.74 Å². The fraction of sp³-hybridized carbons (Fsp3) is 1.00. The Balaban J connectivity index is 1.85. The van der Waals surface area contributed by atoms with E-state index < -0.39 is 0 Å². The van der Waals surface area contributed by atoms with Gasteiger partial charge in [0.2, 0.25) is 0 Å². The summed E-state index contributed by atoms with van der Waals surface area (Å²) >= 11 is 0. The average Bonchev–Trinajstić information content (AvgIpc) is 2.47. The number of ether oxygens (including phenoxy) is 1. The number of hydrogen-bond donors (Lipinski definition) is 1. The largest absolute Gasteiger partial charge is 0.381 e. The van der Waals surface area contributed by atoms with Gasteiger partial charge in [0, 0.05) is 12.6 Å². The minimum absolute atomic E-state index is 0.716. The first-order valence-electron chi connectivity index (χ1n) is 8.66. The minimum atomic E-state index is 0.716. The predicted octanol–water partition coefficient (Wildman–Crippen LogP) is 4.00. The van der Waals surface area contributed by atoms with Gasteiger partial charge in [-0.1, -0.05) is 39.5 Å². The van der Waals surface area contributed by atoms with Gasteiger partial charge in [0.15, 0.2) is 0 Å². The first-order valence-corrected chi connectivity index (χ1v) is 8.66. The molecule has 112 valence electrons. The van der Waals surface area contributed by atoms with Crippen molar-refractivity contribution in [2.45, 2.75) is 71.3 Å². The van der Waals surface area contributed by atoms with E-state index in [1.807, 2.05) is 0 Å². The van der Waals surface area contributed by atoms with Crippen molar-refractivity contribution in [3.63, 3.8) is 0 Å². The fourth-order valence-electron chi connectivity index (χ4n) is 4.25. The summed E-state index contributed by atoms with van der Waals surface area (Å²) < 4.78 is 5.72.